The molecular weight excluding hydrogens is 318 g/mol. The first-order valence-electron chi connectivity index (χ1n) is 9.94. The summed E-state index contributed by atoms with van der Waals surface area (Å²) in [4.78, 5) is 31.7. The van der Waals surface area contributed by atoms with Crippen molar-refractivity contribution in [2.24, 2.45) is 17.3 Å². The van der Waals surface area contributed by atoms with Crippen molar-refractivity contribution >= 4 is 11.9 Å². The summed E-state index contributed by atoms with van der Waals surface area (Å²) in [6.07, 6.45) is 6.64. The number of urea groups is 1. The second kappa shape index (κ2) is 6.78. The number of hydrogen-bond donors (Lipinski definition) is 0. The zero-order valence-electron chi connectivity index (χ0n) is 15.4. The van der Waals surface area contributed by atoms with Crippen molar-refractivity contribution in [2.75, 3.05) is 53.0 Å². The summed E-state index contributed by atoms with van der Waals surface area (Å²) in [6, 6.07) is 0.204. The third kappa shape index (κ3) is 3.25. The lowest BCUT2D eigenvalue weighted by atomic mass is 9.71. The van der Waals surface area contributed by atoms with Crippen molar-refractivity contribution in [1.29, 1.82) is 0 Å². The molecule has 0 bridgehead atoms. The Hall–Kier alpha value is -1.30. The number of ether oxygens (including phenoxy) is 1. The molecule has 25 heavy (non-hydrogen) atoms. The van der Waals surface area contributed by atoms with Crippen LogP contribution in [0.4, 0.5) is 4.79 Å². The third-order valence-corrected chi connectivity index (χ3v) is 6.77. The van der Waals surface area contributed by atoms with E-state index in [1.165, 1.54) is 12.8 Å². The molecular formula is C19H31N3O3. The van der Waals surface area contributed by atoms with E-state index in [0.29, 0.717) is 6.61 Å². The van der Waals surface area contributed by atoms with Crippen LogP contribution in [0.5, 0.6) is 0 Å². The molecule has 1 atom stereocenters. The molecule has 140 valence electrons. The van der Waals surface area contributed by atoms with E-state index in [1.54, 1.807) is 7.11 Å². The van der Waals surface area contributed by atoms with Crippen LogP contribution in [0.25, 0.3) is 0 Å². The molecule has 3 aliphatic heterocycles. The fraction of sp³-hybridized carbons (Fsp3) is 0.895. The molecule has 4 fully saturated rings. The lowest BCUT2D eigenvalue weighted by molar-refractivity contribution is -0.133. The van der Waals surface area contributed by atoms with Gasteiger partial charge >= 0.3 is 6.03 Å². The highest BCUT2D eigenvalue weighted by Crippen LogP contribution is 2.47. The maximum atomic E-state index is 12.9. The summed E-state index contributed by atoms with van der Waals surface area (Å²) in [5.74, 6) is 0.979. The first kappa shape index (κ1) is 17.1. The Bertz CT molecular complexity index is 520. The average Bonchev–Trinajstić information content (AvgIpc) is 3.19. The molecule has 3 amide bonds. The quantitative estimate of drug-likeness (QED) is 0.778. The van der Waals surface area contributed by atoms with E-state index in [0.717, 1.165) is 70.9 Å². The van der Waals surface area contributed by atoms with Gasteiger partial charge in [0.1, 0.15) is 0 Å². The van der Waals surface area contributed by atoms with Crippen LogP contribution in [0.2, 0.25) is 0 Å². The summed E-state index contributed by atoms with van der Waals surface area (Å²) in [7, 11) is 1.69. The van der Waals surface area contributed by atoms with Crippen molar-refractivity contribution < 1.29 is 14.3 Å². The van der Waals surface area contributed by atoms with Crippen molar-refractivity contribution in [2.45, 2.75) is 38.5 Å². The molecule has 0 aromatic heterocycles. The van der Waals surface area contributed by atoms with E-state index in [-0.39, 0.29) is 23.3 Å². The van der Waals surface area contributed by atoms with E-state index in [4.69, 9.17) is 4.74 Å². The Labute approximate surface area is 150 Å². The molecule has 1 spiro atoms. The smallest absolute Gasteiger partial charge is 0.319 e. The van der Waals surface area contributed by atoms with Gasteiger partial charge in [0.25, 0.3) is 0 Å². The van der Waals surface area contributed by atoms with Gasteiger partial charge in [0.2, 0.25) is 5.91 Å². The van der Waals surface area contributed by atoms with Gasteiger partial charge in [-0.15, -0.1) is 0 Å². The Morgan fingerprint density at radius 2 is 1.76 bits per heavy atom. The van der Waals surface area contributed by atoms with Crippen LogP contribution in [0.3, 0.4) is 0 Å². The van der Waals surface area contributed by atoms with Crippen LogP contribution in [-0.4, -0.2) is 79.6 Å². The second-order valence-corrected chi connectivity index (χ2v) is 8.50. The molecule has 0 aromatic rings. The second-order valence-electron chi connectivity index (χ2n) is 8.50. The number of carbonyl (C=O) groups is 2. The van der Waals surface area contributed by atoms with Crippen LogP contribution >= 0.6 is 0 Å². The fourth-order valence-electron chi connectivity index (χ4n) is 4.99. The number of carbonyl (C=O) groups excluding carboxylic acids is 2. The maximum Gasteiger partial charge on any atom is 0.319 e. The van der Waals surface area contributed by atoms with Crippen LogP contribution in [-0.2, 0) is 9.53 Å². The van der Waals surface area contributed by atoms with Gasteiger partial charge in [-0.05, 0) is 44.4 Å². The molecule has 6 nitrogen and oxygen atoms in total. The topological polar surface area (TPSA) is 53.1 Å². The number of piperidine rings is 1. The molecule has 3 saturated heterocycles. The third-order valence-electron chi connectivity index (χ3n) is 6.77. The number of rotatable bonds is 4. The van der Waals surface area contributed by atoms with E-state index in [9.17, 15) is 9.59 Å². The zero-order chi connectivity index (χ0) is 17.4. The van der Waals surface area contributed by atoms with Gasteiger partial charge in [-0.25, -0.2) is 4.79 Å². The molecule has 4 rings (SSSR count). The minimum atomic E-state index is -0.0275. The highest BCUT2D eigenvalue weighted by molar-refractivity contribution is 5.83. The summed E-state index contributed by atoms with van der Waals surface area (Å²) < 4.78 is 5.41. The summed E-state index contributed by atoms with van der Waals surface area (Å²) in [6.45, 7) is 5.67. The Morgan fingerprint density at radius 1 is 1.12 bits per heavy atom. The number of methoxy groups -OCH3 is 1. The maximum absolute atomic E-state index is 12.9. The largest absolute Gasteiger partial charge is 0.384 e. The summed E-state index contributed by atoms with van der Waals surface area (Å²) in [5.41, 5.74) is 0.00374. The highest BCUT2D eigenvalue weighted by atomic mass is 16.5. The van der Waals surface area contributed by atoms with Crippen LogP contribution in [0, 0.1) is 17.3 Å². The molecule has 3 heterocycles. The van der Waals surface area contributed by atoms with Gasteiger partial charge in [0, 0.05) is 51.8 Å². The molecule has 1 saturated carbocycles. The van der Waals surface area contributed by atoms with E-state index in [1.807, 2.05) is 9.80 Å². The Morgan fingerprint density at radius 3 is 2.36 bits per heavy atom. The predicted molar refractivity (Wildman–Crippen MR) is 94.1 cm³/mol. The first-order valence-corrected chi connectivity index (χ1v) is 9.94. The van der Waals surface area contributed by atoms with Crippen LogP contribution < -0.4 is 0 Å². The Kier molecular flexibility index (Phi) is 4.65. The van der Waals surface area contributed by atoms with Gasteiger partial charge in [0.15, 0.2) is 0 Å². The Balaban J connectivity index is 1.41. The minimum absolute atomic E-state index is 0.00374. The summed E-state index contributed by atoms with van der Waals surface area (Å²) >= 11 is 0. The molecule has 0 N–H and O–H groups in total. The van der Waals surface area contributed by atoms with Crippen molar-refractivity contribution in [3.8, 4) is 0 Å². The van der Waals surface area contributed by atoms with Gasteiger partial charge in [-0.1, -0.05) is 0 Å². The van der Waals surface area contributed by atoms with E-state index >= 15 is 0 Å². The lowest BCUT2D eigenvalue weighted by Gasteiger charge is -2.42. The van der Waals surface area contributed by atoms with Crippen LogP contribution in [0.1, 0.15) is 38.5 Å². The molecule has 0 aromatic carbocycles. The van der Waals surface area contributed by atoms with Crippen molar-refractivity contribution in [1.82, 2.24) is 14.7 Å². The molecule has 1 aliphatic carbocycles. The lowest BCUT2D eigenvalue weighted by Crippen LogP contribution is -2.50. The van der Waals surface area contributed by atoms with Crippen molar-refractivity contribution in [3.05, 3.63) is 0 Å². The monoisotopic (exact) mass is 349 g/mol. The minimum Gasteiger partial charge on any atom is -0.384 e. The highest BCUT2D eigenvalue weighted by Gasteiger charge is 2.54. The van der Waals surface area contributed by atoms with Gasteiger partial charge < -0.3 is 19.4 Å². The van der Waals surface area contributed by atoms with E-state index < -0.39 is 0 Å². The number of likely N-dealkylation sites (tertiary alicyclic amines) is 3. The standard InChI is InChI=1S/C19H31N3O3/c1-25-13-16-17(23)22(12-15-4-5-15)14-19(16)6-10-21(11-7-19)18(24)20-8-2-3-9-20/h15-16H,2-14H2,1H3/t16-/m0/s1. The normalized spacial score (nSPS) is 29.1. The number of hydrogen-bond acceptors (Lipinski definition) is 3. The van der Waals surface area contributed by atoms with Crippen molar-refractivity contribution in [3.63, 3.8) is 0 Å². The van der Waals surface area contributed by atoms with Crippen LogP contribution in [0.15, 0.2) is 0 Å². The van der Waals surface area contributed by atoms with Gasteiger partial charge in [-0.3, -0.25) is 4.79 Å². The molecule has 4 aliphatic rings. The SMILES string of the molecule is COC[C@H]1C(=O)N(CC2CC2)CC12CCN(C(=O)N1CCCC1)CC2. The first-order chi connectivity index (χ1) is 12.1. The fourth-order valence-corrected chi connectivity index (χ4v) is 4.99. The van der Waals surface area contributed by atoms with Gasteiger partial charge in [-0.2, -0.15) is 0 Å². The number of amides is 3. The molecule has 6 heteroatoms. The molecule has 0 unspecified atom stereocenters. The molecule has 0 radical (unpaired) electrons. The van der Waals surface area contributed by atoms with Gasteiger partial charge in [0.05, 0.1) is 12.5 Å². The van der Waals surface area contributed by atoms with E-state index in [2.05, 4.69) is 4.90 Å². The predicted octanol–water partition coefficient (Wildman–Crippen LogP) is 1.80. The number of nitrogens with zero attached hydrogens (tertiary/aromatic N) is 3. The zero-order valence-corrected chi connectivity index (χ0v) is 15.4. The summed E-state index contributed by atoms with van der Waals surface area (Å²) in [5, 5.41) is 0. The average molecular weight is 349 g/mol.